The van der Waals surface area contributed by atoms with Gasteiger partial charge in [0.2, 0.25) is 0 Å². The summed E-state index contributed by atoms with van der Waals surface area (Å²) in [5, 5.41) is 3.12. The van der Waals surface area contributed by atoms with Gasteiger partial charge in [0.1, 0.15) is 11.5 Å². The Hall–Kier alpha value is -1.43. The summed E-state index contributed by atoms with van der Waals surface area (Å²) in [6.45, 7) is 7.36. The summed E-state index contributed by atoms with van der Waals surface area (Å²) in [4.78, 5) is 15.8. The van der Waals surface area contributed by atoms with Crippen molar-refractivity contribution in [1.82, 2.24) is 15.1 Å². The number of likely N-dealkylation sites (N-methyl/N-ethyl adjacent to an activating group) is 1. The van der Waals surface area contributed by atoms with Gasteiger partial charge in [0, 0.05) is 25.7 Å². The quantitative estimate of drug-likeness (QED) is 0.630. The number of rotatable bonds is 6. The minimum absolute atomic E-state index is 0.0348. The predicted octanol–water partition coefficient (Wildman–Crippen LogP) is -0.0289. The van der Waals surface area contributed by atoms with E-state index < -0.39 is 0 Å². The Morgan fingerprint density at radius 2 is 2.05 bits per heavy atom. The van der Waals surface area contributed by atoms with E-state index in [0.29, 0.717) is 18.2 Å². The molecule has 1 rings (SSSR count). The third-order valence-electron chi connectivity index (χ3n) is 3.63. The minimum Gasteiger partial charge on any atom is -0.383 e. The van der Waals surface area contributed by atoms with Crippen LogP contribution >= 0.6 is 0 Å². The maximum absolute atomic E-state index is 12.1. The van der Waals surface area contributed by atoms with Crippen molar-refractivity contribution in [1.29, 1.82) is 0 Å². The fraction of sp³-hybridized carbons (Fsp3) is 0.769. The van der Waals surface area contributed by atoms with E-state index in [4.69, 9.17) is 11.5 Å². The maximum Gasteiger partial charge on any atom is 0.274 e. The van der Waals surface area contributed by atoms with Gasteiger partial charge < -0.3 is 26.6 Å². The van der Waals surface area contributed by atoms with Crippen molar-refractivity contribution in [2.45, 2.75) is 45.7 Å². The summed E-state index contributed by atoms with van der Waals surface area (Å²) in [5.41, 5.74) is 12.7. The lowest BCUT2D eigenvalue weighted by atomic mass is 10.1. The molecule has 0 spiro atoms. The molecule has 0 aromatic heterocycles. The Kier molecular flexibility index (Phi) is 5.47. The standard InChI is InChI=1S/C13H27N5O/c1-5-7-16-11-12(15)18(8-17(4)13(11)19)9(3)10(14)6-2/h9-10,16H,5-8,14-15H2,1-4H3/t9-,10+/m0/s1. The van der Waals surface area contributed by atoms with Crippen molar-refractivity contribution >= 4 is 5.91 Å². The molecule has 6 heteroatoms. The summed E-state index contributed by atoms with van der Waals surface area (Å²) >= 11 is 0. The van der Waals surface area contributed by atoms with Crippen molar-refractivity contribution in [3.63, 3.8) is 0 Å². The molecule has 0 aromatic carbocycles. The molecule has 0 unspecified atom stereocenters. The largest absolute Gasteiger partial charge is 0.383 e. The highest BCUT2D eigenvalue weighted by Crippen LogP contribution is 2.18. The summed E-state index contributed by atoms with van der Waals surface area (Å²) in [5.74, 6) is 0.451. The number of carbonyl (C=O) groups is 1. The predicted molar refractivity (Wildman–Crippen MR) is 76.7 cm³/mol. The van der Waals surface area contributed by atoms with Crippen LogP contribution in [0.2, 0.25) is 0 Å². The highest BCUT2D eigenvalue weighted by molar-refractivity contribution is 5.94. The topological polar surface area (TPSA) is 87.6 Å². The van der Waals surface area contributed by atoms with E-state index in [1.165, 1.54) is 0 Å². The van der Waals surface area contributed by atoms with Crippen molar-refractivity contribution in [2.24, 2.45) is 11.5 Å². The molecule has 0 aromatic rings. The molecule has 0 radical (unpaired) electrons. The molecule has 19 heavy (non-hydrogen) atoms. The fourth-order valence-electron chi connectivity index (χ4n) is 2.15. The molecular weight excluding hydrogens is 242 g/mol. The van der Waals surface area contributed by atoms with E-state index in [1.807, 2.05) is 18.7 Å². The van der Waals surface area contributed by atoms with Crippen LogP contribution in [0.25, 0.3) is 0 Å². The van der Waals surface area contributed by atoms with Crippen molar-refractivity contribution < 1.29 is 4.79 Å². The highest BCUT2D eigenvalue weighted by Gasteiger charge is 2.32. The molecule has 0 saturated carbocycles. The van der Waals surface area contributed by atoms with Gasteiger partial charge in [-0.3, -0.25) is 4.79 Å². The summed E-state index contributed by atoms with van der Waals surface area (Å²) in [7, 11) is 1.78. The van der Waals surface area contributed by atoms with Crippen LogP contribution in [0.4, 0.5) is 0 Å². The van der Waals surface area contributed by atoms with Crippen LogP contribution in [0.1, 0.15) is 33.6 Å². The number of nitrogens with one attached hydrogen (secondary N) is 1. The SMILES string of the molecule is CCCNC1=C(N)N([C@@H](C)[C@H](N)CC)CN(C)C1=O. The van der Waals surface area contributed by atoms with Crippen LogP contribution in [-0.2, 0) is 4.79 Å². The first-order valence-corrected chi connectivity index (χ1v) is 6.95. The van der Waals surface area contributed by atoms with Crippen molar-refractivity contribution in [3.8, 4) is 0 Å². The van der Waals surface area contributed by atoms with Crippen LogP contribution in [0, 0.1) is 0 Å². The molecule has 2 atom stereocenters. The third-order valence-corrected chi connectivity index (χ3v) is 3.63. The molecule has 5 N–H and O–H groups in total. The van der Waals surface area contributed by atoms with Gasteiger partial charge in [-0.05, 0) is 19.8 Å². The first kappa shape index (κ1) is 15.6. The number of hydrogen-bond donors (Lipinski definition) is 3. The zero-order chi connectivity index (χ0) is 14.6. The highest BCUT2D eigenvalue weighted by atomic mass is 16.2. The lowest BCUT2D eigenvalue weighted by Crippen LogP contribution is -2.56. The Balaban J connectivity index is 2.99. The molecule has 1 aliphatic rings. The molecule has 0 aliphatic carbocycles. The lowest BCUT2D eigenvalue weighted by Gasteiger charge is -2.41. The molecule has 1 heterocycles. The maximum atomic E-state index is 12.1. The van der Waals surface area contributed by atoms with Gasteiger partial charge in [-0.25, -0.2) is 0 Å². The Morgan fingerprint density at radius 1 is 1.42 bits per heavy atom. The average molecular weight is 269 g/mol. The van der Waals surface area contributed by atoms with E-state index >= 15 is 0 Å². The van der Waals surface area contributed by atoms with Crippen molar-refractivity contribution in [3.05, 3.63) is 11.5 Å². The zero-order valence-electron chi connectivity index (χ0n) is 12.4. The van der Waals surface area contributed by atoms with Gasteiger partial charge in [-0.2, -0.15) is 0 Å². The van der Waals surface area contributed by atoms with Crippen LogP contribution in [0.3, 0.4) is 0 Å². The van der Waals surface area contributed by atoms with Crippen molar-refractivity contribution in [2.75, 3.05) is 20.3 Å². The molecule has 1 amide bonds. The van der Waals surface area contributed by atoms with Crippen LogP contribution in [0.15, 0.2) is 11.5 Å². The van der Waals surface area contributed by atoms with Crippen LogP contribution < -0.4 is 16.8 Å². The van der Waals surface area contributed by atoms with Gasteiger partial charge in [-0.1, -0.05) is 13.8 Å². The second-order valence-electron chi connectivity index (χ2n) is 5.11. The monoisotopic (exact) mass is 269 g/mol. The number of hydrogen-bond acceptors (Lipinski definition) is 5. The van der Waals surface area contributed by atoms with Gasteiger partial charge in [0.15, 0.2) is 0 Å². The summed E-state index contributed by atoms with van der Waals surface area (Å²) in [6.07, 6.45) is 1.82. The molecule has 1 aliphatic heterocycles. The summed E-state index contributed by atoms with van der Waals surface area (Å²) < 4.78 is 0. The Labute approximate surface area is 115 Å². The van der Waals surface area contributed by atoms with E-state index in [-0.39, 0.29) is 18.0 Å². The molecule has 0 fully saturated rings. The van der Waals surface area contributed by atoms with E-state index in [0.717, 1.165) is 19.4 Å². The fourth-order valence-corrected chi connectivity index (χ4v) is 2.15. The second-order valence-corrected chi connectivity index (χ2v) is 5.11. The normalized spacial score (nSPS) is 19.7. The smallest absolute Gasteiger partial charge is 0.274 e. The molecule has 110 valence electrons. The number of carbonyl (C=O) groups excluding carboxylic acids is 1. The molecule has 6 nitrogen and oxygen atoms in total. The van der Waals surface area contributed by atoms with Gasteiger partial charge in [0.25, 0.3) is 5.91 Å². The Morgan fingerprint density at radius 3 is 2.58 bits per heavy atom. The van der Waals surface area contributed by atoms with Crippen LogP contribution in [-0.4, -0.2) is 48.1 Å². The molecular formula is C13H27N5O. The van der Waals surface area contributed by atoms with Gasteiger partial charge in [0.05, 0.1) is 6.67 Å². The van der Waals surface area contributed by atoms with E-state index in [1.54, 1.807) is 11.9 Å². The molecule has 0 bridgehead atoms. The minimum atomic E-state index is -0.0560. The zero-order valence-corrected chi connectivity index (χ0v) is 12.4. The first-order valence-electron chi connectivity index (χ1n) is 6.95. The molecule has 0 saturated heterocycles. The van der Waals surface area contributed by atoms with Crippen LogP contribution in [0.5, 0.6) is 0 Å². The summed E-state index contributed by atoms with van der Waals surface area (Å²) in [6, 6.07) is 0.131. The lowest BCUT2D eigenvalue weighted by molar-refractivity contribution is -0.130. The number of amides is 1. The number of nitrogens with two attached hydrogens (primary N) is 2. The number of nitrogens with zero attached hydrogens (tertiary/aromatic N) is 2. The Bertz CT molecular complexity index is 355. The average Bonchev–Trinajstić information content (AvgIpc) is 2.41. The van der Waals surface area contributed by atoms with E-state index in [9.17, 15) is 4.79 Å². The second kappa shape index (κ2) is 6.65. The van der Waals surface area contributed by atoms with Gasteiger partial charge >= 0.3 is 0 Å². The third kappa shape index (κ3) is 3.32. The van der Waals surface area contributed by atoms with E-state index in [2.05, 4.69) is 12.2 Å². The first-order chi connectivity index (χ1) is 8.93. The van der Waals surface area contributed by atoms with Gasteiger partial charge in [-0.15, -0.1) is 0 Å².